The lowest BCUT2D eigenvalue weighted by molar-refractivity contribution is 0.0517. The van der Waals surface area contributed by atoms with Crippen molar-refractivity contribution in [3.05, 3.63) is 46.0 Å². The summed E-state index contributed by atoms with van der Waals surface area (Å²) in [6.45, 7) is 2.03. The van der Waals surface area contributed by atoms with Crippen molar-refractivity contribution in [2.24, 2.45) is 31.3 Å². The summed E-state index contributed by atoms with van der Waals surface area (Å²) in [5.74, 6) is -0.795. The largest absolute Gasteiger partial charge is 0.461 e. The van der Waals surface area contributed by atoms with E-state index in [1.165, 1.54) is 0 Å². The first-order valence-corrected chi connectivity index (χ1v) is 13.4. The molecule has 18 nitrogen and oxygen atoms in total. The van der Waals surface area contributed by atoms with Crippen LogP contribution in [-0.2, 0) is 44.5 Å². The molecule has 4 heterocycles. The quantitative estimate of drug-likeness (QED) is 0.192. The van der Waals surface area contributed by atoms with E-state index in [0.29, 0.717) is 48.5 Å². The van der Waals surface area contributed by atoms with Gasteiger partial charge in [0.1, 0.15) is 0 Å². The normalized spacial score (nSPS) is 12.3. The Morgan fingerprint density at radius 1 is 0.773 bits per heavy atom. The van der Waals surface area contributed by atoms with Crippen molar-refractivity contribution in [1.82, 2.24) is 39.5 Å². The molecule has 0 radical (unpaired) electrons. The van der Waals surface area contributed by atoms with E-state index in [1.807, 2.05) is 0 Å². The number of aryl methyl sites for hydroxylation is 4. The number of nitrogens with two attached hydrogens (primary N) is 3. The molecule has 0 saturated carbocycles. The molecule has 18 heteroatoms. The van der Waals surface area contributed by atoms with E-state index in [1.54, 1.807) is 42.8 Å². The number of hydrogen-bond acceptors (Lipinski definition) is 11. The topological polar surface area (TPSA) is 267 Å². The summed E-state index contributed by atoms with van der Waals surface area (Å²) in [5.41, 5.74) is 22.1. The molecule has 2 aliphatic carbocycles. The molecule has 0 saturated heterocycles. The zero-order valence-corrected chi connectivity index (χ0v) is 24.0. The molecule has 0 unspecified atom stereocenters. The third-order valence-corrected chi connectivity index (χ3v) is 6.93. The third-order valence-electron chi connectivity index (χ3n) is 6.93. The van der Waals surface area contributed by atoms with E-state index in [2.05, 4.69) is 40.8 Å². The van der Waals surface area contributed by atoms with Gasteiger partial charge < -0.3 is 21.9 Å². The Balaban J connectivity index is 0.000000175. The number of anilines is 2. The fourth-order valence-corrected chi connectivity index (χ4v) is 5.21. The Hall–Kier alpha value is -5.94. The summed E-state index contributed by atoms with van der Waals surface area (Å²) in [6.07, 6.45) is 5.92. The number of rotatable bonds is 5. The van der Waals surface area contributed by atoms with E-state index in [-0.39, 0.29) is 24.2 Å². The monoisotopic (exact) mass is 603 g/mol. The predicted molar refractivity (Wildman–Crippen MR) is 154 cm³/mol. The van der Waals surface area contributed by atoms with Crippen LogP contribution in [0, 0.1) is 0 Å². The molecule has 0 bridgehead atoms. The Morgan fingerprint density at radius 3 is 1.66 bits per heavy atom. The summed E-state index contributed by atoms with van der Waals surface area (Å²) in [5, 5.41) is 13.1. The number of aromatic nitrogens is 8. The second-order valence-corrected chi connectivity index (χ2v) is 9.80. The fourth-order valence-electron chi connectivity index (χ4n) is 5.21. The van der Waals surface area contributed by atoms with E-state index in [4.69, 9.17) is 21.9 Å². The number of nitrogens with zero attached hydrogens (tertiary/aromatic N) is 8. The Bertz CT molecular complexity index is 1830. The molecule has 0 fully saturated rings. The number of amides is 5. The van der Waals surface area contributed by atoms with Crippen LogP contribution in [0.4, 0.5) is 21.5 Å². The van der Waals surface area contributed by atoms with Gasteiger partial charge in [0.2, 0.25) is 11.9 Å². The number of fused-ring (bicyclic) bond motifs is 6. The van der Waals surface area contributed by atoms with E-state index >= 15 is 0 Å². The van der Waals surface area contributed by atoms with Crippen LogP contribution in [0.15, 0.2) is 12.4 Å². The minimum absolute atomic E-state index is 0.107. The lowest BCUT2D eigenvalue weighted by Gasteiger charge is -2.17. The zero-order chi connectivity index (χ0) is 31.7. The van der Waals surface area contributed by atoms with Gasteiger partial charge in [-0.3, -0.25) is 24.8 Å². The van der Waals surface area contributed by atoms with Crippen LogP contribution in [0.25, 0.3) is 22.8 Å². The highest BCUT2D eigenvalue weighted by Gasteiger charge is 2.30. The molecule has 0 aliphatic heterocycles. The van der Waals surface area contributed by atoms with E-state index < -0.39 is 23.9 Å². The van der Waals surface area contributed by atoms with Crippen LogP contribution in [0.2, 0.25) is 0 Å². The highest BCUT2D eigenvalue weighted by Crippen LogP contribution is 2.35. The third kappa shape index (κ3) is 5.59. The number of ether oxygens (including phenoxy) is 1. The van der Waals surface area contributed by atoms with Gasteiger partial charge in [-0.15, -0.1) is 0 Å². The molecule has 4 aromatic heterocycles. The standard InChI is InChI=1S/C14H16N6O3.C12H13N7O2/c1-3-23-12(21)10-8-5-4-7-6-16-14(18-13(15)22)17-9(7)11(8)20(2)19-10;1-19-9-6(8(18-19)10(13)20)3-2-5-4-15-12(16-7(5)9)17-11(14)21/h6H,3-5H2,1-2H3,(H3,15,16,17,18,22);4H,2-3H2,1H3,(H2,13,20)(H3,14,15,16,17,21). The molecular formula is C26H29N13O5. The highest BCUT2D eigenvalue weighted by molar-refractivity contribution is 5.95. The van der Waals surface area contributed by atoms with Crippen molar-refractivity contribution in [2.45, 2.75) is 32.6 Å². The molecule has 44 heavy (non-hydrogen) atoms. The fraction of sp³-hybridized carbons (Fsp3) is 0.308. The van der Waals surface area contributed by atoms with Crippen molar-refractivity contribution < 1.29 is 23.9 Å². The molecule has 0 aromatic carbocycles. The Morgan fingerprint density at radius 2 is 1.23 bits per heavy atom. The number of carbonyl (C=O) groups excluding carboxylic acids is 4. The Kier molecular flexibility index (Phi) is 7.89. The second-order valence-electron chi connectivity index (χ2n) is 9.80. The zero-order valence-electron chi connectivity index (χ0n) is 24.0. The molecule has 4 aromatic rings. The molecule has 0 atom stereocenters. The van der Waals surface area contributed by atoms with Gasteiger partial charge in [0.15, 0.2) is 11.4 Å². The minimum Gasteiger partial charge on any atom is -0.461 e. The average molecular weight is 604 g/mol. The molecule has 5 amide bonds. The van der Waals surface area contributed by atoms with Crippen molar-refractivity contribution in [3.63, 3.8) is 0 Å². The van der Waals surface area contributed by atoms with Crippen LogP contribution in [0.5, 0.6) is 0 Å². The summed E-state index contributed by atoms with van der Waals surface area (Å²) < 4.78 is 8.21. The molecule has 0 spiro atoms. The van der Waals surface area contributed by atoms with E-state index in [9.17, 15) is 19.2 Å². The maximum absolute atomic E-state index is 12.1. The summed E-state index contributed by atoms with van der Waals surface area (Å²) in [6, 6.07) is -1.48. The van der Waals surface area contributed by atoms with Crippen LogP contribution in [0.3, 0.4) is 0 Å². The summed E-state index contributed by atoms with van der Waals surface area (Å²) in [7, 11) is 3.45. The number of hydrogen-bond donors (Lipinski definition) is 5. The summed E-state index contributed by atoms with van der Waals surface area (Å²) in [4.78, 5) is 62.1. The Labute approximate surface area is 249 Å². The first-order valence-electron chi connectivity index (χ1n) is 13.4. The van der Waals surface area contributed by atoms with Gasteiger partial charge >= 0.3 is 18.0 Å². The van der Waals surface area contributed by atoms with Crippen molar-refractivity contribution in [2.75, 3.05) is 17.2 Å². The van der Waals surface area contributed by atoms with E-state index in [0.717, 1.165) is 27.9 Å². The van der Waals surface area contributed by atoms with Crippen molar-refractivity contribution in [1.29, 1.82) is 0 Å². The van der Waals surface area contributed by atoms with Gasteiger partial charge in [0.05, 0.1) is 29.4 Å². The van der Waals surface area contributed by atoms with Crippen LogP contribution < -0.4 is 27.8 Å². The predicted octanol–water partition coefficient (Wildman–Crippen LogP) is 0.208. The highest BCUT2D eigenvalue weighted by atomic mass is 16.5. The van der Waals surface area contributed by atoms with Crippen LogP contribution in [-0.4, -0.2) is 70.0 Å². The van der Waals surface area contributed by atoms with Gasteiger partial charge in [-0.1, -0.05) is 0 Å². The van der Waals surface area contributed by atoms with Crippen molar-refractivity contribution in [3.8, 4) is 22.8 Å². The second kappa shape index (κ2) is 11.7. The van der Waals surface area contributed by atoms with Gasteiger partial charge in [0.25, 0.3) is 5.91 Å². The van der Waals surface area contributed by atoms with Crippen LogP contribution >= 0.6 is 0 Å². The first kappa shape index (κ1) is 29.5. The molecular weight excluding hydrogens is 574 g/mol. The SMILES string of the molecule is CCOC(=O)c1nn(C)c2c1CCc1cnc(NC(N)=O)nc1-2.Cn1nc(C(N)=O)c2c1-c1nc(NC(N)=O)ncc1CC2. The first-order chi connectivity index (χ1) is 21.0. The molecule has 228 valence electrons. The van der Waals surface area contributed by atoms with Gasteiger partial charge in [-0.25, -0.2) is 34.3 Å². The number of carbonyl (C=O) groups is 4. The lowest BCUT2D eigenvalue weighted by atomic mass is 9.93. The molecule has 6 rings (SSSR count). The number of primary amides is 3. The number of esters is 1. The molecule has 2 aliphatic rings. The smallest absolute Gasteiger partial charge is 0.359 e. The lowest BCUT2D eigenvalue weighted by Crippen LogP contribution is -2.22. The van der Waals surface area contributed by atoms with Crippen molar-refractivity contribution >= 4 is 35.8 Å². The minimum atomic E-state index is -0.742. The maximum atomic E-state index is 12.1. The maximum Gasteiger partial charge on any atom is 0.359 e. The summed E-state index contributed by atoms with van der Waals surface area (Å²) >= 11 is 0. The van der Waals surface area contributed by atoms with Gasteiger partial charge in [0, 0.05) is 37.6 Å². The molecule has 8 N–H and O–H groups in total. The number of nitrogens with one attached hydrogen (secondary N) is 2. The average Bonchev–Trinajstić information content (AvgIpc) is 3.50. The number of urea groups is 2. The van der Waals surface area contributed by atoms with Gasteiger partial charge in [-0.05, 0) is 43.7 Å². The van der Waals surface area contributed by atoms with Crippen LogP contribution in [0.1, 0.15) is 50.2 Å². The van der Waals surface area contributed by atoms with Gasteiger partial charge in [-0.2, -0.15) is 10.2 Å².